The lowest BCUT2D eigenvalue weighted by molar-refractivity contribution is 1.16. The summed E-state index contributed by atoms with van der Waals surface area (Å²) in [6.07, 6.45) is 2.89. The fourth-order valence-electron chi connectivity index (χ4n) is 0.949. The van der Waals surface area contributed by atoms with Gasteiger partial charge in [0.25, 0.3) is 0 Å². The SMILES string of the molecule is C=Cc1ccc(CCS)cc1. The Kier molecular flexibility index (Phi) is 3.24. The molecular weight excluding hydrogens is 152 g/mol. The van der Waals surface area contributed by atoms with Crippen LogP contribution in [0.3, 0.4) is 0 Å². The molecule has 0 amide bonds. The van der Waals surface area contributed by atoms with Crippen LogP contribution in [0.1, 0.15) is 11.1 Å². The van der Waals surface area contributed by atoms with Crippen LogP contribution in [0.2, 0.25) is 0 Å². The van der Waals surface area contributed by atoms with E-state index in [1.165, 1.54) is 11.1 Å². The summed E-state index contributed by atoms with van der Waals surface area (Å²) >= 11 is 4.16. The maximum absolute atomic E-state index is 4.16. The first-order valence-electron chi connectivity index (χ1n) is 3.69. The van der Waals surface area contributed by atoms with Crippen molar-refractivity contribution in [2.45, 2.75) is 6.42 Å². The first-order chi connectivity index (χ1) is 5.36. The van der Waals surface area contributed by atoms with E-state index in [9.17, 15) is 0 Å². The largest absolute Gasteiger partial charge is 0.179 e. The third kappa shape index (κ3) is 2.43. The van der Waals surface area contributed by atoms with E-state index in [4.69, 9.17) is 0 Å². The molecule has 0 aliphatic heterocycles. The molecule has 11 heavy (non-hydrogen) atoms. The van der Waals surface area contributed by atoms with E-state index < -0.39 is 0 Å². The molecule has 0 N–H and O–H groups in total. The molecule has 0 aromatic heterocycles. The van der Waals surface area contributed by atoms with Gasteiger partial charge in [0.05, 0.1) is 0 Å². The van der Waals surface area contributed by atoms with E-state index in [1.807, 2.05) is 6.08 Å². The predicted octanol–water partition coefficient (Wildman–Crippen LogP) is 2.80. The number of aryl methyl sites for hydroxylation is 1. The van der Waals surface area contributed by atoms with Gasteiger partial charge in [0.2, 0.25) is 0 Å². The molecule has 1 rings (SSSR count). The second kappa shape index (κ2) is 4.24. The number of thiol groups is 1. The summed E-state index contributed by atoms with van der Waals surface area (Å²) in [5.74, 6) is 0.910. The summed E-state index contributed by atoms with van der Waals surface area (Å²) < 4.78 is 0. The van der Waals surface area contributed by atoms with E-state index in [2.05, 4.69) is 43.5 Å². The van der Waals surface area contributed by atoms with Crippen molar-refractivity contribution < 1.29 is 0 Å². The van der Waals surface area contributed by atoms with Crippen LogP contribution in [0, 0.1) is 0 Å². The molecule has 0 heterocycles. The summed E-state index contributed by atoms with van der Waals surface area (Å²) in [5.41, 5.74) is 2.51. The topological polar surface area (TPSA) is 0 Å². The maximum atomic E-state index is 4.16. The molecule has 0 radical (unpaired) electrons. The third-order valence-electron chi connectivity index (χ3n) is 1.62. The Morgan fingerprint density at radius 1 is 1.27 bits per heavy atom. The van der Waals surface area contributed by atoms with E-state index in [-0.39, 0.29) is 0 Å². The van der Waals surface area contributed by atoms with Crippen LogP contribution < -0.4 is 0 Å². The Hall–Kier alpha value is -0.690. The van der Waals surface area contributed by atoms with Crippen molar-refractivity contribution in [1.82, 2.24) is 0 Å². The fourth-order valence-corrected chi connectivity index (χ4v) is 1.21. The molecule has 1 aromatic carbocycles. The van der Waals surface area contributed by atoms with Gasteiger partial charge in [-0.2, -0.15) is 12.6 Å². The molecule has 1 heteroatoms. The van der Waals surface area contributed by atoms with Gasteiger partial charge in [0.15, 0.2) is 0 Å². The van der Waals surface area contributed by atoms with Crippen molar-refractivity contribution in [2.24, 2.45) is 0 Å². The second-order valence-electron chi connectivity index (χ2n) is 2.42. The molecule has 0 aliphatic carbocycles. The lowest BCUT2D eigenvalue weighted by Crippen LogP contribution is -1.84. The van der Waals surface area contributed by atoms with E-state index in [0.717, 1.165) is 12.2 Å². The standard InChI is InChI=1S/C10H12S/c1-2-9-3-5-10(6-4-9)7-8-11/h2-6,11H,1,7-8H2. The van der Waals surface area contributed by atoms with E-state index >= 15 is 0 Å². The Morgan fingerprint density at radius 2 is 1.91 bits per heavy atom. The highest BCUT2D eigenvalue weighted by Gasteiger charge is 1.89. The summed E-state index contributed by atoms with van der Waals surface area (Å²) in [4.78, 5) is 0. The van der Waals surface area contributed by atoms with Gasteiger partial charge < -0.3 is 0 Å². The molecule has 58 valence electrons. The first kappa shape index (κ1) is 8.41. The molecule has 0 atom stereocenters. The predicted molar refractivity (Wildman–Crippen MR) is 54.1 cm³/mol. The number of hydrogen-bond donors (Lipinski definition) is 1. The quantitative estimate of drug-likeness (QED) is 0.652. The maximum Gasteiger partial charge on any atom is -0.00574 e. The van der Waals surface area contributed by atoms with Gasteiger partial charge in [-0.25, -0.2) is 0 Å². The zero-order valence-electron chi connectivity index (χ0n) is 6.46. The Labute approximate surface area is 73.4 Å². The fraction of sp³-hybridized carbons (Fsp3) is 0.200. The van der Waals surface area contributed by atoms with Gasteiger partial charge in [0, 0.05) is 0 Å². The monoisotopic (exact) mass is 164 g/mol. The smallest absolute Gasteiger partial charge is 0.00574 e. The number of rotatable bonds is 3. The summed E-state index contributed by atoms with van der Waals surface area (Å²) in [6, 6.07) is 8.39. The Balaban J connectivity index is 2.74. The van der Waals surface area contributed by atoms with Crippen molar-refractivity contribution in [1.29, 1.82) is 0 Å². The molecule has 0 bridgehead atoms. The summed E-state index contributed by atoms with van der Waals surface area (Å²) in [7, 11) is 0. The second-order valence-corrected chi connectivity index (χ2v) is 2.87. The zero-order valence-corrected chi connectivity index (χ0v) is 7.35. The number of benzene rings is 1. The van der Waals surface area contributed by atoms with Crippen molar-refractivity contribution in [3.8, 4) is 0 Å². The average Bonchev–Trinajstić information content (AvgIpc) is 2.07. The van der Waals surface area contributed by atoms with Crippen molar-refractivity contribution in [2.75, 3.05) is 5.75 Å². The Bertz CT molecular complexity index is 223. The van der Waals surface area contributed by atoms with Crippen LogP contribution in [0.4, 0.5) is 0 Å². The molecule has 0 spiro atoms. The molecule has 0 saturated carbocycles. The lowest BCUT2D eigenvalue weighted by Gasteiger charge is -1.97. The number of hydrogen-bond acceptors (Lipinski definition) is 1. The van der Waals surface area contributed by atoms with Gasteiger partial charge in [0.1, 0.15) is 0 Å². The van der Waals surface area contributed by atoms with Crippen molar-refractivity contribution in [3.63, 3.8) is 0 Å². The molecule has 1 aromatic rings. The molecule has 0 saturated heterocycles. The summed E-state index contributed by atoms with van der Waals surface area (Å²) in [6.45, 7) is 3.69. The van der Waals surface area contributed by atoms with Crippen LogP contribution in [0.25, 0.3) is 6.08 Å². The Morgan fingerprint density at radius 3 is 2.36 bits per heavy atom. The van der Waals surface area contributed by atoms with Crippen LogP contribution >= 0.6 is 12.6 Å². The zero-order chi connectivity index (χ0) is 8.10. The minimum Gasteiger partial charge on any atom is -0.179 e. The van der Waals surface area contributed by atoms with Crippen LogP contribution in [0.5, 0.6) is 0 Å². The lowest BCUT2D eigenvalue weighted by atomic mass is 10.1. The highest BCUT2D eigenvalue weighted by Crippen LogP contribution is 2.06. The normalized spacial score (nSPS) is 9.55. The van der Waals surface area contributed by atoms with Crippen LogP contribution in [0.15, 0.2) is 30.8 Å². The third-order valence-corrected chi connectivity index (χ3v) is 1.84. The molecule has 0 nitrogen and oxygen atoms in total. The highest BCUT2D eigenvalue weighted by molar-refractivity contribution is 7.80. The molecular formula is C10H12S. The summed E-state index contributed by atoms with van der Waals surface area (Å²) in [5, 5.41) is 0. The average molecular weight is 164 g/mol. The minimum absolute atomic E-state index is 0.910. The molecule has 0 fully saturated rings. The highest BCUT2D eigenvalue weighted by atomic mass is 32.1. The van der Waals surface area contributed by atoms with Crippen molar-refractivity contribution in [3.05, 3.63) is 42.0 Å². The van der Waals surface area contributed by atoms with E-state index in [0.29, 0.717) is 0 Å². The van der Waals surface area contributed by atoms with Gasteiger partial charge in [-0.05, 0) is 23.3 Å². The molecule has 0 unspecified atom stereocenters. The van der Waals surface area contributed by atoms with Gasteiger partial charge in [-0.3, -0.25) is 0 Å². The minimum atomic E-state index is 0.910. The van der Waals surface area contributed by atoms with Gasteiger partial charge >= 0.3 is 0 Å². The van der Waals surface area contributed by atoms with Crippen LogP contribution in [-0.2, 0) is 6.42 Å². The van der Waals surface area contributed by atoms with Gasteiger partial charge in [-0.1, -0.05) is 36.9 Å². The van der Waals surface area contributed by atoms with Crippen molar-refractivity contribution >= 4 is 18.7 Å². The van der Waals surface area contributed by atoms with E-state index in [1.54, 1.807) is 0 Å². The molecule has 0 aliphatic rings. The van der Waals surface area contributed by atoms with Gasteiger partial charge in [-0.15, -0.1) is 0 Å². The van der Waals surface area contributed by atoms with Crippen LogP contribution in [-0.4, -0.2) is 5.75 Å². The first-order valence-corrected chi connectivity index (χ1v) is 4.32.